The zero-order chi connectivity index (χ0) is 12.4. The molecule has 0 aromatic heterocycles. The number of rotatable bonds is 3. The first kappa shape index (κ1) is 12.7. The number of hydrogen-bond acceptors (Lipinski definition) is 2. The molecule has 0 aromatic carbocycles. The van der Waals surface area contributed by atoms with Crippen LogP contribution >= 0.6 is 0 Å². The molecule has 1 saturated heterocycles. The molecular weight excluding hydrogens is 214 g/mol. The van der Waals surface area contributed by atoms with Crippen LogP contribution in [0.1, 0.15) is 27.2 Å². The Kier molecular flexibility index (Phi) is 3.92. The van der Waals surface area contributed by atoms with E-state index in [0.717, 1.165) is 44.0 Å². The zero-order valence-corrected chi connectivity index (χ0v) is 11.2. The maximum Gasteiger partial charge on any atom is 0.191 e. The zero-order valence-electron chi connectivity index (χ0n) is 11.2. The summed E-state index contributed by atoms with van der Waals surface area (Å²) in [5.74, 6) is 3.14. The highest BCUT2D eigenvalue weighted by Crippen LogP contribution is 2.44. The second kappa shape index (κ2) is 5.25. The summed E-state index contributed by atoms with van der Waals surface area (Å²) in [5, 5.41) is 0. The topological polar surface area (TPSA) is 50.8 Å². The first-order valence-electron chi connectivity index (χ1n) is 6.74. The van der Waals surface area contributed by atoms with Crippen molar-refractivity contribution in [3.63, 3.8) is 0 Å². The van der Waals surface area contributed by atoms with Crippen molar-refractivity contribution in [2.24, 2.45) is 28.5 Å². The van der Waals surface area contributed by atoms with Crippen LogP contribution in [0.3, 0.4) is 0 Å². The Hall–Kier alpha value is -0.770. The van der Waals surface area contributed by atoms with Crippen molar-refractivity contribution in [2.45, 2.75) is 33.3 Å². The molecule has 1 heterocycles. The second-order valence-corrected chi connectivity index (χ2v) is 5.73. The van der Waals surface area contributed by atoms with Crippen LogP contribution in [-0.4, -0.2) is 43.2 Å². The van der Waals surface area contributed by atoms with Gasteiger partial charge in [0.1, 0.15) is 0 Å². The Morgan fingerprint density at radius 2 is 2.29 bits per heavy atom. The molecule has 17 heavy (non-hydrogen) atoms. The van der Waals surface area contributed by atoms with Crippen molar-refractivity contribution in [1.29, 1.82) is 0 Å². The molecule has 4 heteroatoms. The van der Waals surface area contributed by atoms with Crippen molar-refractivity contribution in [1.82, 2.24) is 4.90 Å². The number of morpholine rings is 1. The molecule has 4 nitrogen and oxygen atoms in total. The number of aliphatic imine (C=N–C) groups is 1. The highest BCUT2D eigenvalue weighted by atomic mass is 16.5. The van der Waals surface area contributed by atoms with Gasteiger partial charge in [-0.25, -0.2) is 0 Å². The van der Waals surface area contributed by atoms with Gasteiger partial charge in [-0.3, -0.25) is 4.99 Å². The highest BCUT2D eigenvalue weighted by molar-refractivity contribution is 5.78. The molecule has 2 aliphatic rings. The minimum atomic E-state index is 0.266. The van der Waals surface area contributed by atoms with Gasteiger partial charge in [-0.05, 0) is 31.1 Å². The number of nitrogens with two attached hydrogens (primary N) is 1. The lowest BCUT2D eigenvalue weighted by molar-refractivity contribution is 0.00529. The molecule has 3 atom stereocenters. The first-order valence-corrected chi connectivity index (χ1v) is 6.74. The molecular formula is C13H25N3O. The van der Waals surface area contributed by atoms with Gasteiger partial charge >= 0.3 is 0 Å². The van der Waals surface area contributed by atoms with Crippen LogP contribution in [0.5, 0.6) is 0 Å². The van der Waals surface area contributed by atoms with Crippen LogP contribution < -0.4 is 5.73 Å². The number of guanidine groups is 1. The van der Waals surface area contributed by atoms with Crippen LogP contribution in [0, 0.1) is 17.8 Å². The van der Waals surface area contributed by atoms with Crippen LogP contribution in [0.25, 0.3) is 0 Å². The third kappa shape index (κ3) is 3.35. The van der Waals surface area contributed by atoms with Crippen molar-refractivity contribution in [3.05, 3.63) is 0 Å². The average molecular weight is 239 g/mol. The van der Waals surface area contributed by atoms with Crippen molar-refractivity contribution < 1.29 is 4.74 Å². The maximum atomic E-state index is 6.03. The summed E-state index contributed by atoms with van der Waals surface area (Å²) in [6, 6.07) is 0. The summed E-state index contributed by atoms with van der Waals surface area (Å²) in [6.45, 7) is 10.1. The molecule has 0 aromatic rings. The summed E-state index contributed by atoms with van der Waals surface area (Å²) >= 11 is 0. The van der Waals surface area contributed by atoms with Crippen molar-refractivity contribution in [2.75, 3.05) is 26.2 Å². The monoisotopic (exact) mass is 239 g/mol. The van der Waals surface area contributed by atoms with E-state index in [0.29, 0.717) is 5.96 Å². The van der Waals surface area contributed by atoms with Crippen LogP contribution in [0.2, 0.25) is 0 Å². The lowest BCUT2D eigenvalue weighted by Crippen LogP contribution is -2.48. The molecule has 0 radical (unpaired) electrons. The molecule has 0 bridgehead atoms. The molecule has 1 saturated carbocycles. The van der Waals surface area contributed by atoms with E-state index in [9.17, 15) is 0 Å². The van der Waals surface area contributed by atoms with Crippen LogP contribution in [0.4, 0.5) is 0 Å². The molecule has 1 aliphatic carbocycles. The summed E-state index contributed by atoms with van der Waals surface area (Å²) in [4.78, 5) is 6.68. The molecule has 98 valence electrons. The Bertz CT molecular complexity index is 290. The molecule has 0 amide bonds. The highest BCUT2D eigenvalue weighted by Gasteiger charge is 2.38. The Balaban J connectivity index is 1.77. The Morgan fingerprint density at radius 1 is 1.53 bits per heavy atom. The van der Waals surface area contributed by atoms with E-state index in [1.165, 1.54) is 6.42 Å². The normalized spacial score (nSPS) is 34.2. The SMILES string of the molecule is CC1CN(C(N)=NC[C@@H]2C[C@H]2C(C)C)CCO1. The summed E-state index contributed by atoms with van der Waals surface area (Å²) in [6.07, 6.45) is 1.59. The molecule has 0 spiro atoms. The second-order valence-electron chi connectivity index (χ2n) is 5.73. The van der Waals surface area contributed by atoms with Gasteiger partial charge in [0.25, 0.3) is 0 Å². The van der Waals surface area contributed by atoms with Gasteiger partial charge in [-0.2, -0.15) is 0 Å². The fourth-order valence-electron chi connectivity index (χ4n) is 2.63. The molecule has 2 fully saturated rings. The van der Waals surface area contributed by atoms with E-state index in [2.05, 4.69) is 30.7 Å². The van der Waals surface area contributed by atoms with Gasteiger partial charge in [0.2, 0.25) is 0 Å². The Labute approximate surface area is 104 Å². The standard InChI is InChI=1S/C13H25N3O/c1-9(2)12-6-11(12)7-15-13(14)16-4-5-17-10(3)8-16/h9-12H,4-8H2,1-3H3,(H2,14,15)/t10?,11-,12-/m0/s1. The van der Waals surface area contributed by atoms with E-state index < -0.39 is 0 Å². The fourth-order valence-corrected chi connectivity index (χ4v) is 2.63. The van der Waals surface area contributed by atoms with E-state index in [4.69, 9.17) is 10.5 Å². The van der Waals surface area contributed by atoms with Gasteiger partial charge < -0.3 is 15.4 Å². The first-order chi connectivity index (χ1) is 8.08. The predicted molar refractivity (Wildman–Crippen MR) is 69.9 cm³/mol. The smallest absolute Gasteiger partial charge is 0.191 e. The number of nitrogens with zero attached hydrogens (tertiary/aromatic N) is 2. The molecule has 2 rings (SSSR count). The molecule has 1 unspecified atom stereocenters. The van der Waals surface area contributed by atoms with Crippen molar-refractivity contribution >= 4 is 5.96 Å². The molecule has 1 aliphatic heterocycles. The third-order valence-corrected chi connectivity index (χ3v) is 3.89. The van der Waals surface area contributed by atoms with E-state index in [1.807, 2.05) is 0 Å². The van der Waals surface area contributed by atoms with Gasteiger partial charge in [0.05, 0.1) is 12.7 Å². The summed E-state index contributed by atoms with van der Waals surface area (Å²) in [5.41, 5.74) is 6.03. The van der Waals surface area contributed by atoms with E-state index in [1.54, 1.807) is 0 Å². The Morgan fingerprint density at radius 3 is 2.88 bits per heavy atom. The minimum absolute atomic E-state index is 0.266. The minimum Gasteiger partial charge on any atom is -0.375 e. The maximum absolute atomic E-state index is 6.03. The predicted octanol–water partition coefficient (Wildman–Crippen LogP) is 1.31. The van der Waals surface area contributed by atoms with Crippen LogP contribution in [0.15, 0.2) is 4.99 Å². The molecule has 2 N–H and O–H groups in total. The summed E-state index contributed by atoms with van der Waals surface area (Å²) in [7, 11) is 0. The van der Waals surface area contributed by atoms with Gasteiger partial charge in [-0.1, -0.05) is 13.8 Å². The van der Waals surface area contributed by atoms with Crippen molar-refractivity contribution in [3.8, 4) is 0 Å². The number of hydrogen-bond donors (Lipinski definition) is 1. The third-order valence-electron chi connectivity index (χ3n) is 3.89. The van der Waals surface area contributed by atoms with Gasteiger partial charge in [0, 0.05) is 19.6 Å². The van der Waals surface area contributed by atoms with Gasteiger partial charge in [-0.15, -0.1) is 0 Å². The summed E-state index contributed by atoms with van der Waals surface area (Å²) < 4.78 is 5.49. The quantitative estimate of drug-likeness (QED) is 0.597. The van der Waals surface area contributed by atoms with E-state index >= 15 is 0 Å². The fraction of sp³-hybridized carbons (Fsp3) is 0.923. The lowest BCUT2D eigenvalue weighted by atomic mass is 10.1. The van der Waals surface area contributed by atoms with Crippen LogP contribution in [-0.2, 0) is 4.74 Å². The van der Waals surface area contributed by atoms with E-state index in [-0.39, 0.29) is 6.10 Å². The average Bonchev–Trinajstić information content (AvgIpc) is 3.05. The lowest BCUT2D eigenvalue weighted by Gasteiger charge is -2.31. The largest absolute Gasteiger partial charge is 0.375 e. The number of ether oxygens (including phenoxy) is 1. The van der Waals surface area contributed by atoms with Gasteiger partial charge in [0.15, 0.2) is 5.96 Å².